The maximum absolute atomic E-state index is 9.53. The minimum Gasteiger partial charge on any atom is -0.291 e. The van der Waals surface area contributed by atoms with Gasteiger partial charge in [0, 0.05) is 11.4 Å². The average molecular weight is 436 g/mol. The fourth-order valence-corrected chi connectivity index (χ4v) is 3.91. The van der Waals surface area contributed by atoms with Gasteiger partial charge in [0.15, 0.2) is 22.1 Å². The van der Waals surface area contributed by atoms with E-state index in [0.29, 0.717) is 22.1 Å². The maximum atomic E-state index is 9.53. The summed E-state index contributed by atoms with van der Waals surface area (Å²) in [6, 6.07) is 29.8. The van der Waals surface area contributed by atoms with Crippen molar-refractivity contribution in [3.05, 3.63) is 83.8 Å². The highest BCUT2D eigenvalue weighted by molar-refractivity contribution is 5.94. The van der Waals surface area contributed by atoms with Gasteiger partial charge in [-0.2, -0.15) is 21.0 Å². The minimum absolute atomic E-state index is 0.117. The predicted octanol–water partition coefficient (Wildman–Crippen LogP) is 2.76. The van der Waals surface area contributed by atoms with Gasteiger partial charge in [-0.3, -0.25) is 9.13 Å². The van der Waals surface area contributed by atoms with Crippen LogP contribution >= 0.6 is 0 Å². The first kappa shape index (κ1) is 20.2. The Balaban J connectivity index is 2.00. The molecule has 156 valence electrons. The number of hydrogen-bond acceptors (Lipinski definition) is 6. The number of benzene rings is 3. The first-order valence-corrected chi connectivity index (χ1v) is 10.1. The van der Waals surface area contributed by atoms with E-state index in [1.165, 1.54) is 0 Å². The Labute approximate surface area is 193 Å². The van der Waals surface area contributed by atoms with Gasteiger partial charge in [-0.05, 0) is 36.4 Å². The molecular formula is C26H12N8. The minimum atomic E-state index is -0.117. The normalized spacial score (nSPS) is 10.2. The number of aromatic nitrogens is 4. The summed E-state index contributed by atoms with van der Waals surface area (Å²) in [4.78, 5) is 9.23. The van der Waals surface area contributed by atoms with Crippen LogP contribution in [0.3, 0.4) is 0 Å². The van der Waals surface area contributed by atoms with E-state index in [-0.39, 0.29) is 22.1 Å². The van der Waals surface area contributed by atoms with Crippen molar-refractivity contribution in [2.75, 3.05) is 0 Å². The fraction of sp³-hybridized carbons (Fsp3) is 0. The lowest BCUT2D eigenvalue weighted by Gasteiger charge is -2.06. The van der Waals surface area contributed by atoms with Gasteiger partial charge in [0.2, 0.25) is 0 Å². The fourth-order valence-electron chi connectivity index (χ4n) is 3.91. The van der Waals surface area contributed by atoms with E-state index in [1.54, 1.807) is 21.3 Å². The molecule has 5 rings (SSSR count). The molecule has 0 aliphatic heterocycles. The molecule has 0 N–H and O–H groups in total. The molecule has 0 unspecified atom stereocenters. The monoisotopic (exact) mass is 436 g/mol. The molecule has 0 atom stereocenters. The third kappa shape index (κ3) is 3.05. The largest absolute Gasteiger partial charge is 0.291 e. The van der Waals surface area contributed by atoms with Gasteiger partial charge in [0.25, 0.3) is 0 Å². The molecule has 34 heavy (non-hydrogen) atoms. The van der Waals surface area contributed by atoms with Gasteiger partial charge in [0.05, 0.1) is 22.1 Å². The Bertz CT molecular complexity index is 1710. The van der Waals surface area contributed by atoms with E-state index in [2.05, 4.69) is 9.97 Å². The van der Waals surface area contributed by atoms with E-state index < -0.39 is 0 Å². The summed E-state index contributed by atoms with van der Waals surface area (Å²) >= 11 is 0. The van der Waals surface area contributed by atoms with Crippen LogP contribution in [0, 0.1) is 45.3 Å². The molecule has 8 nitrogen and oxygen atoms in total. The van der Waals surface area contributed by atoms with Crippen molar-refractivity contribution in [3.8, 4) is 35.7 Å². The smallest absolute Gasteiger partial charge is 0.172 e. The summed E-state index contributed by atoms with van der Waals surface area (Å²) in [7, 11) is 0. The molecule has 0 saturated carbocycles. The van der Waals surface area contributed by atoms with Crippen LogP contribution in [0.1, 0.15) is 0 Å². The molecule has 0 aliphatic rings. The quantitative estimate of drug-likeness (QED) is 0.418. The lowest BCUT2D eigenvalue weighted by atomic mass is 10.2. The van der Waals surface area contributed by atoms with Crippen molar-refractivity contribution >= 4 is 33.2 Å². The second kappa shape index (κ2) is 8.09. The second-order valence-electron chi connectivity index (χ2n) is 7.24. The van der Waals surface area contributed by atoms with Crippen LogP contribution in [0.5, 0.6) is 0 Å². The van der Waals surface area contributed by atoms with Gasteiger partial charge < -0.3 is 0 Å². The molecule has 0 fully saturated rings. The van der Waals surface area contributed by atoms with Gasteiger partial charge in [-0.15, -0.1) is 0 Å². The number of fused-ring (bicyclic) bond motifs is 2. The summed E-state index contributed by atoms with van der Waals surface area (Å²) in [6.45, 7) is 0. The number of para-hydroxylation sites is 2. The van der Waals surface area contributed by atoms with Gasteiger partial charge >= 0.3 is 0 Å². The first-order valence-electron chi connectivity index (χ1n) is 10.1. The number of rotatable bonds is 2. The zero-order chi connectivity index (χ0) is 23.7. The molecule has 2 aromatic heterocycles. The molecule has 0 bridgehead atoms. The number of nitriles is 4. The molecule has 0 saturated heterocycles. The van der Waals surface area contributed by atoms with Crippen molar-refractivity contribution in [2.24, 2.45) is 0 Å². The van der Waals surface area contributed by atoms with Crippen LogP contribution < -0.4 is 11.0 Å². The van der Waals surface area contributed by atoms with E-state index in [9.17, 15) is 21.0 Å². The summed E-state index contributed by atoms with van der Waals surface area (Å²) in [5.74, 6) is 0. The number of imidazole rings is 2. The van der Waals surface area contributed by atoms with Crippen LogP contribution in [-0.4, -0.2) is 19.1 Å². The maximum Gasteiger partial charge on any atom is 0.172 e. The van der Waals surface area contributed by atoms with Gasteiger partial charge in [0.1, 0.15) is 24.3 Å². The SMILES string of the molecule is N#CC(C#N)=c1nc2cc3c(cc2n1-c1ccccc1)nc(=C(C#N)C#N)n3-c1ccccc1. The molecule has 0 spiro atoms. The zero-order valence-electron chi connectivity index (χ0n) is 17.5. The Morgan fingerprint density at radius 1 is 0.559 bits per heavy atom. The van der Waals surface area contributed by atoms with Crippen LogP contribution in [0.15, 0.2) is 72.8 Å². The van der Waals surface area contributed by atoms with Crippen molar-refractivity contribution < 1.29 is 0 Å². The van der Waals surface area contributed by atoms with Crippen LogP contribution in [0.25, 0.3) is 44.6 Å². The van der Waals surface area contributed by atoms with Crippen molar-refractivity contribution in [3.63, 3.8) is 0 Å². The van der Waals surface area contributed by atoms with Crippen molar-refractivity contribution in [1.29, 1.82) is 21.0 Å². The Morgan fingerprint density at radius 3 is 1.24 bits per heavy atom. The average Bonchev–Trinajstić information content (AvgIpc) is 3.43. The lowest BCUT2D eigenvalue weighted by Crippen LogP contribution is -2.19. The highest BCUT2D eigenvalue weighted by Gasteiger charge is 2.17. The number of nitrogens with zero attached hydrogens (tertiary/aromatic N) is 8. The molecular weight excluding hydrogens is 424 g/mol. The Kier molecular flexibility index (Phi) is 4.81. The van der Waals surface area contributed by atoms with Crippen LogP contribution in [0.4, 0.5) is 0 Å². The Hall–Kier alpha value is -5.70. The summed E-state index contributed by atoms with van der Waals surface area (Å²) in [5.41, 5.74) is 4.02. The van der Waals surface area contributed by atoms with E-state index in [1.807, 2.05) is 84.9 Å². The molecule has 0 amide bonds. The first-order chi connectivity index (χ1) is 16.7. The third-order valence-corrected chi connectivity index (χ3v) is 5.35. The van der Waals surface area contributed by atoms with E-state index in [0.717, 1.165) is 11.4 Å². The topological polar surface area (TPSA) is 131 Å². The summed E-state index contributed by atoms with van der Waals surface area (Å²) in [6.07, 6.45) is 0. The predicted molar refractivity (Wildman–Crippen MR) is 124 cm³/mol. The highest BCUT2D eigenvalue weighted by Crippen LogP contribution is 2.24. The van der Waals surface area contributed by atoms with Crippen LogP contribution in [0.2, 0.25) is 0 Å². The van der Waals surface area contributed by atoms with Gasteiger partial charge in [-0.25, -0.2) is 9.97 Å². The molecule has 0 aliphatic carbocycles. The zero-order valence-corrected chi connectivity index (χ0v) is 17.5. The van der Waals surface area contributed by atoms with Crippen molar-refractivity contribution in [2.45, 2.75) is 0 Å². The summed E-state index contributed by atoms with van der Waals surface area (Å²) < 4.78 is 3.47. The molecule has 5 aromatic rings. The van der Waals surface area contributed by atoms with E-state index >= 15 is 0 Å². The second-order valence-corrected chi connectivity index (χ2v) is 7.24. The molecule has 8 heteroatoms. The van der Waals surface area contributed by atoms with Crippen LogP contribution in [-0.2, 0) is 0 Å². The van der Waals surface area contributed by atoms with E-state index in [4.69, 9.17) is 0 Å². The van der Waals surface area contributed by atoms with Gasteiger partial charge in [-0.1, -0.05) is 36.4 Å². The third-order valence-electron chi connectivity index (χ3n) is 5.35. The van der Waals surface area contributed by atoms with Crippen molar-refractivity contribution in [1.82, 2.24) is 19.1 Å². The number of hydrogen-bond donors (Lipinski definition) is 0. The lowest BCUT2D eigenvalue weighted by molar-refractivity contribution is 1.02. The molecule has 2 heterocycles. The molecule has 3 aromatic carbocycles. The standard InChI is InChI=1S/C26H12N8/c27-13-17(14-28)25-31-21-12-24-22(11-23(21)33(25)19-7-3-1-4-8-19)32-26(18(15-29)16-30)34(24)20-9-5-2-6-10-20/h1-12H. The summed E-state index contributed by atoms with van der Waals surface area (Å²) in [5, 5.41) is 38.1. The molecule has 0 radical (unpaired) electrons. The Morgan fingerprint density at radius 2 is 0.912 bits per heavy atom. The highest BCUT2D eigenvalue weighted by atomic mass is 15.1.